The van der Waals surface area contributed by atoms with Crippen LogP contribution in [0, 0.1) is 0 Å². The zero-order valence-corrected chi connectivity index (χ0v) is 17.1. The van der Waals surface area contributed by atoms with E-state index >= 15 is 0 Å². The molecule has 28 heavy (non-hydrogen) atoms. The Labute approximate surface area is 169 Å². The van der Waals surface area contributed by atoms with Crippen molar-refractivity contribution in [3.05, 3.63) is 76.9 Å². The number of aliphatic hydroxyl groups excluding tert-OH is 1. The van der Waals surface area contributed by atoms with Crippen molar-refractivity contribution in [2.24, 2.45) is 0 Å². The fraction of sp³-hybridized carbons (Fsp3) is 0.400. The van der Waals surface area contributed by atoms with E-state index < -0.39 is 6.10 Å². The molecule has 0 saturated heterocycles. The Morgan fingerprint density at radius 2 is 1.75 bits per heavy atom. The van der Waals surface area contributed by atoms with Gasteiger partial charge in [-0.3, -0.25) is 0 Å². The van der Waals surface area contributed by atoms with Crippen molar-refractivity contribution in [1.29, 1.82) is 0 Å². The molecule has 2 aromatic carbocycles. The third kappa shape index (κ3) is 7.32. The number of ether oxygens (including phenoxy) is 1. The summed E-state index contributed by atoms with van der Waals surface area (Å²) in [5, 5.41) is 10.8. The number of esters is 1. The van der Waals surface area contributed by atoms with Crippen LogP contribution >= 0.6 is 0 Å². The van der Waals surface area contributed by atoms with Gasteiger partial charge < -0.3 is 9.84 Å². The molecule has 0 bridgehead atoms. The highest BCUT2D eigenvalue weighted by molar-refractivity contribution is 5.89. The van der Waals surface area contributed by atoms with Gasteiger partial charge in [0.15, 0.2) is 0 Å². The number of unbranched alkanes of at least 4 members (excludes halogenated alkanes) is 3. The largest absolute Gasteiger partial charge is 0.465 e. The molecule has 2 rings (SSSR count). The first kappa shape index (κ1) is 21.9. The summed E-state index contributed by atoms with van der Waals surface area (Å²) in [6, 6.07) is 17.6. The number of benzene rings is 2. The first-order valence-electron chi connectivity index (χ1n) is 10.2. The summed E-state index contributed by atoms with van der Waals surface area (Å²) >= 11 is 0. The van der Waals surface area contributed by atoms with Crippen LogP contribution in [0.25, 0.3) is 6.08 Å². The van der Waals surface area contributed by atoms with Crippen LogP contribution in [0.15, 0.2) is 60.2 Å². The minimum absolute atomic E-state index is 0.335. The second kappa shape index (κ2) is 12.1. The van der Waals surface area contributed by atoms with Crippen molar-refractivity contribution in [3.8, 4) is 0 Å². The van der Waals surface area contributed by atoms with Gasteiger partial charge in [0.2, 0.25) is 0 Å². The lowest BCUT2D eigenvalue weighted by molar-refractivity contribution is 0.0600. The molecular formula is C25H32O3. The molecule has 1 N–H and O–H groups in total. The normalized spacial score (nSPS) is 12.6. The zero-order chi connectivity index (χ0) is 20.2. The smallest absolute Gasteiger partial charge is 0.337 e. The number of methoxy groups -OCH3 is 1. The molecule has 1 atom stereocenters. The average molecular weight is 381 g/mol. The number of aliphatic hydroxyl groups is 1. The van der Waals surface area contributed by atoms with Gasteiger partial charge in [0, 0.05) is 0 Å². The van der Waals surface area contributed by atoms with Gasteiger partial charge >= 0.3 is 5.97 Å². The molecule has 0 aliphatic carbocycles. The minimum Gasteiger partial charge on any atom is -0.465 e. The van der Waals surface area contributed by atoms with Gasteiger partial charge in [0.25, 0.3) is 0 Å². The molecule has 0 amide bonds. The van der Waals surface area contributed by atoms with Crippen LogP contribution in [-0.2, 0) is 11.2 Å². The van der Waals surface area contributed by atoms with E-state index in [1.807, 2.05) is 30.3 Å². The fourth-order valence-electron chi connectivity index (χ4n) is 3.27. The van der Waals surface area contributed by atoms with Crippen molar-refractivity contribution < 1.29 is 14.6 Å². The van der Waals surface area contributed by atoms with Gasteiger partial charge in [0.05, 0.1) is 18.8 Å². The van der Waals surface area contributed by atoms with Crippen molar-refractivity contribution >= 4 is 12.0 Å². The molecule has 3 nitrogen and oxygen atoms in total. The van der Waals surface area contributed by atoms with E-state index in [0.717, 1.165) is 30.4 Å². The molecule has 150 valence electrons. The third-order valence-electron chi connectivity index (χ3n) is 4.98. The molecule has 0 fully saturated rings. The highest BCUT2D eigenvalue weighted by Gasteiger charge is 2.12. The molecule has 1 unspecified atom stereocenters. The molecular weight excluding hydrogens is 348 g/mol. The number of rotatable bonds is 11. The van der Waals surface area contributed by atoms with Crippen molar-refractivity contribution in [1.82, 2.24) is 0 Å². The first-order valence-corrected chi connectivity index (χ1v) is 10.2. The van der Waals surface area contributed by atoms with Crippen molar-refractivity contribution in [2.75, 3.05) is 7.11 Å². The quantitative estimate of drug-likeness (QED) is 0.395. The second-order valence-corrected chi connectivity index (χ2v) is 7.18. The molecule has 0 radical (unpaired) electrons. The molecule has 2 aromatic rings. The van der Waals surface area contributed by atoms with E-state index in [4.69, 9.17) is 4.74 Å². The average Bonchev–Trinajstić information content (AvgIpc) is 2.74. The summed E-state index contributed by atoms with van der Waals surface area (Å²) in [5.74, 6) is -0.335. The van der Waals surface area contributed by atoms with Crippen LogP contribution in [0.1, 0.15) is 66.9 Å². The SMILES string of the molecule is CCCCCCC(=Cc1ccc(C(=O)OC)cc1)C(O)CCc1ccccc1. The Morgan fingerprint density at radius 3 is 2.39 bits per heavy atom. The maximum atomic E-state index is 11.6. The second-order valence-electron chi connectivity index (χ2n) is 7.18. The summed E-state index contributed by atoms with van der Waals surface area (Å²) in [6.07, 6.45) is 8.77. The molecule has 0 spiro atoms. The molecule has 0 aliphatic heterocycles. The van der Waals surface area contributed by atoms with E-state index in [-0.39, 0.29) is 5.97 Å². The standard InChI is InChI=1S/C25H32O3/c1-3-4-5-9-12-23(24(26)18-15-20-10-7-6-8-11-20)19-21-13-16-22(17-14-21)25(27)28-2/h6-8,10-11,13-14,16-17,19,24,26H,3-5,9,12,15,18H2,1-2H3. The van der Waals surface area contributed by atoms with Gasteiger partial charge in [0.1, 0.15) is 0 Å². The summed E-state index contributed by atoms with van der Waals surface area (Å²) in [6.45, 7) is 2.20. The number of carbonyl (C=O) groups excluding carboxylic acids is 1. The number of hydrogen-bond donors (Lipinski definition) is 1. The van der Waals surface area contributed by atoms with Crippen LogP contribution in [0.5, 0.6) is 0 Å². The van der Waals surface area contributed by atoms with Crippen LogP contribution in [0.2, 0.25) is 0 Å². The van der Waals surface area contributed by atoms with Crippen molar-refractivity contribution in [3.63, 3.8) is 0 Å². The Morgan fingerprint density at radius 1 is 1.04 bits per heavy atom. The van der Waals surface area contributed by atoms with Gasteiger partial charge in [-0.05, 0) is 54.5 Å². The monoisotopic (exact) mass is 380 g/mol. The molecule has 0 aliphatic rings. The molecule has 0 saturated carbocycles. The van der Waals surface area contributed by atoms with E-state index in [9.17, 15) is 9.90 Å². The van der Waals surface area contributed by atoms with Crippen LogP contribution in [0.3, 0.4) is 0 Å². The van der Waals surface area contributed by atoms with Crippen molar-refractivity contribution in [2.45, 2.75) is 58.0 Å². The summed E-state index contributed by atoms with van der Waals surface area (Å²) in [7, 11) is 1.38. The highest BCUT2D eigenvalue weighted by Crippen LogP contribution is 2.21. The van der Waals surface area contributed by atoms with Crippen LogP contribution < -0.4 is 0 Å². The van der Waals surface area contributed by atoms with E-state index in [1.54, 1.807) is 12.1 Å². The Hall–Kier alpha value is -2.39. The first-order chi connectivity index (χ1) is 13.6. The minimum atomic E-state index is -0.456. The lowest BCUT2D eigenvalue weighted by Gasteiger charge is -2.16. The fourth-order valence-corrected chi connectivity index (χ4v) is 3.27. The predicted molar refractivity (Wildman–Crippen MR) is 115 cm³/mol. The predicted octanol–water partition coefficient (Wildman–Crippen LogP) is 5.82. The Kier molecular flexibility index (Phi) is 9.50. The summed E-state index contributed by atoms with van der Waals surface area (Å²) in [4.78, 5) is 11.6. The maximum Gasteiger partial charge on any atom is 0.337 e. The van der Waals surface area contributed by atoms with Gasteiger partial charge in [-0.2, -0.15) is 0 Å². The maximum absolute atomic E-state index is 11.6. The number of hydrogen-bond acceptors (Lipinski definition) is 3. The lowest BCUT2D eigenvalue weighted by Crippen LogP contribution is -2.12. The third-order valence-corrected chi connectivity index (χ3v) is 4.98. The zero-order valence-electron chi connectivity index (χ0n) is 17.1. The molecule has 0 heterocycles. The van der Waals surface area contributed by atoms with Gasteiger partial charge in [-0.15, -0.1) is 0 Å². The van der Waals surface area contributed by atoms with Crippen LogP contribution in [-0.4, -0.2) is 24.3 Å². The molecule has 3 heteroatoms. The molecule has 0 aromatic heterocycles. The van der Waals surface area contributed by atoms with Gasteiger partial charge in [-0.25, -0.2) is 4.79 Å². The van der Waals surface area contributed by atoms with E-state index in [1.165, 1.54) is 31.9 Å². The van der Waals surface area contributed by atoms with Crippen LogP contribution in [0.4, 0.5) is 0 Å². The van der Waals surface area contributed by atoms with E-state index in [0.29, 0.717) is 12.0 Å². The lowest BCUT2D eigenvalue weighted by atomic mass is 9.95. The highest BCUT2D eigenvalue weighted by atomic mass is 16.5. The number of carbonyl (C=O) groups is 1. The summed E-state index contributed by atoms with van der Waals surface area (Å²) in [5.41, 5.74) is 3.85. The summed E-state index contributed by atoms with van der Waals surface area (Å²) < 4.78 is 4.75. The topological polar surface area (TPSA) is 46.5 Å². The Balaban J connectivity index is 2.08. The van der Waals surface area contributed by atoms with E-state index in [2.05, 4.69) is 25.1 Å². The van der Waals surface area contributed by atoms with Gasteiger partial charge in [-0.1, -0.05) is 74.7 Å². The Bertz CT molecular complexity index is 732. The number of aryl methyl sites for hydroxylation is 1.